The molecular weight excluding hydrogens is 347 g/mol. The van der Waals surface area contributed by atoms with E-state index >= 15 is 0 Å². The third kappa shape index (κ3) is 2.99. The molecule has 0 fully saturated rings. The Morgan fingerprint density at radius 2 is 2.15 bits per heavy atom. The van der Waals surface area contributed by atoms with E-state index in [-0.39, 0.29) is 17.4 Å². The number of aromatic nitrogens is 2. The van der Waals surface area contributed by atoms with Crippen molar-refractivity contribution in [1.82, 2.24) is 9.78 Å². The highest BCUT2D eigenvalue weighted by atomic mass is 79.9. The van der Waals surface area contributed by atoms with Crippen LogP contribution in [-0.2, 0) is 19.6 Å². The fourth-order valence-corrected chi connectivity index (χ4v) is 2.81. The van der Waals surface area contributed by atoms with Crippen LogP contribution in [0.25, 0.3) is 0 Å². The third-order valence-electron chi connectivity index (χ3n) is 2.97. The Kier molecular flexibility index (Phi) is 5.05. The molecule has 0 saturated heterocycles. The van der Waals surface area contributed by atoms with Crippen LogP contribution in [0.2, 0.25) is 5.02 Å². The fraction of sp³-hybridized carbons (Fsp3) is 0.357. The predicted molar refractivity (Wildman–Crippen MR) is 80.7 cm³/mol. The molecule has 108 valence electrons. The molecule has 0 bridgehead atoms. The van der Waals surface area contributed by atoms with Crippen molar-refractivity contribution in [2.45, 2.75) is 33.4 Å². The number of hydrogen-bond acceptors (Lipinski definition) is 2. The van der Waals surface area contributed by atoms with E-state index in [9.17, 15) is 4.39 Å². The Labute approximate surface area is 130 Å². The number of ether oxygens (including phenoxy) is 1. The van der Waals surface area contributed by atoms with Gasteiger partial charge in [0.2, 0.25) is 0 Å². The Hall–Kier alpha value is -1.07. The highest BCUT2D eigenvalue weighted by Gasteiger charge is 2.16. The van der Waals surface area contributed by atoms with E-state index in [1.54, 1.807) is 12.1 Å². The first-order valence-electron chi connectivity index (χ1n) is 6.39. The van der Waals surface area contributed by atoms with Crippen molar-refractivity contribution in [1.29, 1.82) is 0 Å². The highest BCUT2D eigenvalue weighted by Crippen LogP contribution is 2.29. The molecule has 0 spiro atoms. The second kappa shape index (κ2) is 6.59. The molecule has 0 radical (unpaired) electrons. The zero-order valence-corrected chi connectivity index (χ0v) is 13.6. The van der Waals surface area contributed by atoms with Gasteiger partial charge in [-0.05, 0) is 41.4 Å². The Bertz CT molecular complexity index is 595. The molecule has 1 aromatic carbocycles. The smallest absolute Gasteiger partial charge is 0.174 e. The van der Waals surface area contributed by atoms with Crippen LogP contribution in [0.4, 0.5) is 4.39 Å². The molecule has 0 N–H and O–H groups in total. The van der Waals surface area contributed by atoms with Crippen molar-refractivity contribution >= 4 is 27.5 Å². The number of nitrogens with zero attached hydrogens (tertiary/aromatic N) is 2. The van der Waals surface area contributed by atoms with Gasteiger partial charge < -0.3 is 4.74 Å². The van der Waals surface area contributed by atoms with E-state index in [0.29, 0.717) is 0 Å². The van der Waals surface area contributed by atoms with Gasteiger partial charge in [0.05, 0.1) is 20.9 Å². The van der Waals surface area contributed by atoms with Gasteiger partial charge in [0, 0.05) is 6.54 Å². The number of rotatable bonds is 5. The second-order valence-electron chi connectivity index (χ2n) is 4.22. The van der Waals surface area contributed by atoms with Crippen molar-refractivity contribution < 1.29 is 9.13 Å². The summed E-state index contributed by atoms with van der Waals surface area (Å²) in [5, 5.41) is 4.73. The summed E-state index contributed by atoms with van der Waals surface area (Å²) >= 11 is 9.47. The van der Waals surface area contributed by atoms with Crippen molar-refractivity contribution in [3.8, 4) is 5.75 Å². The van der Waals surface area contributed by atoms with E-state index in [2.05, 4.69) is 21.0 Å². The topological polar surface area (TPSA) is 27.1 Å². The van der Waals surface area contributed by atoms with E-state index < -0.39 is 5.82 Å². The van der Waals surface area contributed by atoms with E-state index in [4.69, 9.17) is 16.3 Å². The molecule has 0 aliphatic carbocycles. The quantitative estimate of drug-likeness (QED) is 0.778. The summed E-state index contributed by atoms with van der Waals surface area (Å²) in [7, 11) is 0. The first kappa shape index (κ1) is 15.3. The fourth-order valence-electron chi connectivity index (χ4n) is 1.92. The van der Waals surface area contributed by atoms with E-state index in [0.717, 1.165) is 28.8 Å². The van der Waals surface area contributed by atoms with Crippen LogP contribution in [0.1, 0.15) is 25.2 Å². The van der Waals surface area contributed by atoms with Crippen molar-refractivity contribution in [3.63, 3.8) is 0 Å². The normalized spacial score (nSPS) is 10.8. The summed E-state index contributed by atoms with van der Waals surface area (Å²) in [6.07, 6.45) is 0.820. The first-order chi connectivity index (χ1) is 9.58. The number of benzene rings is 1. The molecule has 0 unspecified atom stereocenters. The molecule has 2 aromatic rings. The van der Waals surface area contributed by atoms with Crippen LogP contribution in [0.3, 0.4) is 0 Å². The van der Waals surface area contributed by atoms with Gasteiger partial charge in [0.1, 0.15) is 6.61 Å². The molecule has 0 aliphatic heterocycles. The standard InChI is InChI=1S/C14H15BrClFN2O/c1-3-11-13(15)12(19(4-2)18-11)8-20-14-9(16)6-5-7-10(14)17/h5-7H,3-4,8H2,1-2H3. The number of aryl methyl sites for hydroxylation is 2. The lowest BCUT2D eigenvalue weighted by Crippen LogP contribution is -2.07. The Morgan fingerprint density at radius 1 is 1.40 bits per heavy atom. The molecule has 0 saturated carbocycles. The molecule has 3 nitrogen and oxygen atoms in total. The maximum atomic E-state index is 13.7. The summed E-state index contributed by atoms with van der Waals surface area (Å²) in [5.74, 6) is -0.394. The Morgan fingerprint density at radius 3 is 2.75 bits per heavy atom. The van der Waals surface area contributed by atoms with Crippen LogP contribution < -0.4 is 4.74 Å². The Balaban J connectivity index is 2.25. The minimum Gasteiger partial charge on any atom is -0.483 e. The van der Waals surface area contributed by atoms with Gasteiger partial charge in [0.15, 0.2) is 11.6 Å². The number of halogens is 3. The van der Waals surface area contributed by atoms with Gasteiger partial charge in [-0.3, -0.25) is 4.68 Å². The lowest BCUT2D eigenvalue weighted by molar-refractivity contribution is 0.277. The largest absolute Gasteiger partial charge is 0.483 e. The molecule has 0 aliphatic rings. The lowest BCUT2D eigenvalue weighted by atomic mass is 10.3. The van der Waals surface area contributed by atoms with Crippen LogP contribution in [0, 0.1) is 5.82 Å². The number of hydrogen-bond donors (Lipinski definition) is 0. The van der Waals surface area contributed by atoms with Gasteiger partial charge in [-0.25, -0.2) is 4.39 Å². The molecule has 0 atom stereocenters. The molecule has 2 rings (SSSR count). The molecule has 1 heterocycles. The summed E-state index contributed by atoms with van der Waals surface area (Å²) in [6.45, 7) is 4.97. The minimum atomic E-state index is -0.466. The molecule has 6 heteroatoms. The van der Waals surface area contributed by atoms with Gasteiger partial charge in [-0.1, -0.05) is 24.6 Å². The number of para-hydroxylation sites is 1. The van der Waals surface area contributed by atoms with Gasteiger partial charge >= 0.3 is 0 Å². The van der Waals surface area contributed by atoms with Crippen molar-refractivity contribution in [3.05, 3.63) is 44.9 Å². The summed E-state index contributed by atoms with van der Waals surface area (Å²) in [6, 6.07) is 4.47. The van der Waals surface area contributed by atoms with Crippen LogP contribution in [-0.4, -0.2) is 9.78 Å². The van der Waals surface area contributed by atoms with E-state index in [1.807, 2.05) is 18.5 Å². The van der Waals surface area contributed by atoms with Crippen LogP contribution in [0.15, 0.2) is 22.7 Å². The SMILES string of the molecule is CCc1nn(CC)c(COc2c(F)cccc2Cl)c1Br. The summed E-state index contributed by atoms with van der Waals surface area (Å²) in [4.78, 5) is 0. The van der Waals surface area contributed by atoms with Crippen molar-refractivity contribution in [2.75, 3.05) is 0 Å². The summed E-state index contributed by atoms with van der Waals surface area (Å²) < 4.78 is 22.0. The monoisotopic (exact) mass is 360 g/mol. The first-order valence-corrected chi connectivity index (χ1v) is 7.56. The van der Waals surface area contributed by atoms with Gasteiger partial charge in [0.25, 0.3) is 0 Å². The van der Waals surface area contributed by atoms with Gasteiger partial charge in [-0.2, -0.15) is 5.10 Å². The zero-order chi connectivity index (χ0) is 14.7. The molecule has 1 aromatic heterocycles. The molecule has 0 amide bonds. The maximum absolute atomic E-state index is 13.7. The average Bonchev–Trinajstić information content (AvgIpc) is 2.74. The second-order valence-corrected chi connectivity index (χ2v) is 5.42. The van der Waals surface area contributed by atoms with E-state index in [1.165, 1.54) is 6.07 Å². The molecule has 20 heavy (non-hydrogen) atoms. The van der Waals surface area contributed by atoms with Gasteiger partial charge in [-0.15, -0.1) is 0 Å². The lowest BCUT2D eigenvalue weighted by Gasteiger charge is -2.10. The summed E-state index contributed by atoms with van der Waals surface area (Å²) in [5.41, 5.74) is 1.84. The van der Waals surface area contributed by atoms with Crippen LogP contribution >= 0.6 is 27.5 Å². The van der Waals surface area contributed by atoms with Crippen LogP contribution in [0.5, 0.6) is 5.75 Å². The average molecular weight is 362 g/mol. The minimum absolute atomic E-state index is 0.0722. The molecular formula is C14H15BrClFN2O. The third-order valence-corrected chi connectivity index (χ3v) is 4.18. The zero-order valence-electron chi connectivity index (χ0n) is 11.3. The predicted octanol–water partition coefficient (Wildman–Crippen LogP) is 4.60. The highest BCUT2D eigenvalue weighted by molar-refractivity contribution is 9.10. The van der Waals surface area contributed by atoms with Crippen molar-refractivity contribution in [2.24, 2.45) is 0 Å². The maximum Gasteiger partial charge on any atom is 0.174 e.